The van der Waals surface area contributed by atoms with Crippen LogP contribution in [0.3, 0.4) is 0 Å². The van der Waals surface area contributed by atoms with Gasteiger partial charge in [0, 0.05) is 12.6 Å². The largest absolute Gasteiger partial charge is 0.389 e. The van der Waals surface area contributed by atoms with E-state index in [1.165, 1.54) is 13.0 Å². The zero-order valence-corrected chi connectivity index (χ0v) is 12.4. The monoisotopic (exact) mass is 295 g/mol. The lowest BCUT2D eigenvalue weighted by atomic mass is 10.1. The molecule has 1 amide bonds. The number of rotatable bonds is 7. The number of hydrogen-bond donors (Lipinski definition) is 2. The average Bonchev–Trinajstić information content (AvgIpc) is 2.35. The molecule has 1 aromatic carbocycles. The summed E-state index contributed by atoms with van der Waals surface area (Å²) in [4.78, 5) is 23.5. The minimum atomic E-state index is -0.799. The molecular formula is C14H21N3O4. The number of hydrogen-bond acceptors (Lipinski definition) is 5. The number of benzene rings is 1. The molecule has 0 aromatic heterocycles. The van der Waals surface area contributed by atoms with Crippen LogP contribution < -0.4 is 10.6 Å². The summed E-state index contributed by atoms with van der Waals surface area (Å²) in [5.41, 5.74) is 5.86. The number of nitro benzene ring substituents is 1. The molecule has 21 heavy (non-hydrogen) atoms. The molecule has 3 N–H and O–H groups in total. The highest BCUT2D eigenvalue weighted by Crippen LogP contribution is 2.31. The van der Waals surface area contributed by atoms with E-state index < -0.39 is 16.9 Å². The molecule has 0 bridgehead atoms. The molecule has 0 fully saturated rings. The van der Waals surface area contributed by atoms with E-state index in [0.717, 1.165) is 0 Å². The number of carbonyl (C=O) groups excluding carboxylic acids is 1. The standard InChI is InChI=1S/C14H21N3O4/c1-9(2)7-16(8-14(15)19)12-5-4-11(10(3)18)6-13(12)17(20)21/h4-6,9-10,18H,7-8H2,1-3H3,(H2,15,19). The van der Waals surface area contributed by atoms with Gasteiger partial charge in [0.25, 0.3) is 5.69 Å². The molecule has 0 aliphatic rings. The molecular weight excluding hydrogens is 274 g/mol. The first kappa shape index (κ1) is 16.9. The highest BCUT2D eigenvalue weighted by molar-refractivity contribution is 5.81. The van der Waals surface area contributed by atoms with Gasteiger partial charge in [0.1, 0.15) is 5.69 Å². The zero-order valence-electron chi connectivity index (χ0n) is 12.4. The lowest BCUT2D eigenvalue weighted by molar-refractivity contribution is -0.384. The van der Waals surface area contributed by atoms with Crippen molar-refractivity contribution in [3.8, 4) is 0 Å². The smallest absolute Gasteiger partial charge is 0.292 e. The third-order valence-corrected chi connectivity index (χ3v) is 2.95. The number of aliphatic hydroxyl groups excluding tert-OH is 1. The maximum Gasteiger partial charge on any atom is 0.292 e. The Labute approximate surface area is 123 Å². The molecule has 1 rings (SSSR count). The number of amides is 1. The van der Waals surface area contributed by atoms with Crippen LogP contribution in [0.1, 0.15) is 32.4 Å². The number of aliphatic hydroxyl groups is 1. The lowest BCUT2D eigenvalue weighted by Gasteiger charge is -2.25. The van der Waals surface area contributed by atoms with E-state index in [2.05, 4.69) is 0 Å². The predicted molar refractivity (Wildman–Crippen MR) is 80.0 cm³/mol. The van der Waals surface area contributed by atoms with Crippen LogP contribution in [0.25, 0.3) is 0 Å². The lowest BCUT2D eigenvalue weighted by Crippen LogP contribution is -2.36. The van der Waals surface area contributed by atoms with Gasteiger partial charge in [-0.05, 0) is 24.5 Å². The van der Waals surface area contributed by atoms with E-state index in [0.29, 0.717) is 17.8 Å². The molecule has 0 saturated heterocycles. The van der Waals surface area contributed by atoms with Crippen LogP contribution in [0.4, 0.5) is 11.4 Å². The summed E-state index contributed by atoms with van der Waals surface area (Å²) >= 11 is 0. The Kier molecular flexibility index (Phi) is 5.66. The van der Waals surface area contributed by atoms with Gasteiger partial charge < -0.3 is 15.7 Å². The summed E-state index contributed by atoms with van der Waals surface area (Å²) in [7, 11) is 0. The molecule has 1 aromatic rings. The van der Waals surface area contributed by atoms with Gasteiger partial charge in [0.15, 0.2) is 0 Å². The van der Waals surface area contributed by atoms with Crippen molar-refractivity contribution in [1.82, 2.24) is 0 Å². The van der Waals surface area contributed by atoms with E-state index in [1.807, 2.05) is 13.8 Å². The fourth-order valence-corrected chi connectivity index (χ4v) is 2.09. The fourth-order valence-electron chi connectivity index (χ4n) is 2.09. The second-order valence-electron chi connectivity index (χ2n) is 5.42. The maximum atomic E-state index is 11.3. The normalized spacial score (nSPS) is 12.2. The van der Waals surface area contributed by atoms with Crippen molar-refractivity contribution in [1.29, 1.82) is 0 Å². The quantitative estimate of drug-likeness (QED) is 0.586. The van der Waals surface area contributed by atoms with Crippen LogP contribution >= 0.6 is 0 Å². The number of primary amides is 1. The van der Waals surface area contributed by atoms with E-state index >= 15 is 0 Å². The number of nitrogens with zero attached hydrogens (tertiary/aromatic N) is 2. The SMILES string of the molecule is CC(C)CN(CC(N)=O)c1ccc(C(C)O)cc1[N+](=O)[O-]. The summed E-state index contributed by atoms with van der Waals surface area (Å²) in [5, 5.41) is 20.8. The van der Waals surface area contributed by atoms with E-state index in [9.17, 15) is 20.0 Å². The van der Waals surface area contributed by atoms with Crippen molar-refractivity contribution in [2.24, 2.45) is 11.7 Å². The number of nitro groups is 1. The summed E-state index contributed by atoms with van der Waals surface area (Å²) in [6, 6.07) is 4.49. The average molecular weight is 295 g/mol. The molecule has 7 nitrogen and oxygen atoms in total. The van der Waals surface area contributed by atoms with Crippen molar-refractivity contribution < 1.29 is 14.8 Å². The molecule has 1 unspecified atom stereocenters. The third-order valence-electron chi connectivity index (χ3n) is 2.95. The van der Waals surface area contributed by atoms with Gasteiger partial charge in [-0.1, -0.05) is 19.9 Å². The Bertz CT molecular complexity index is 529. The first-order chi connectivity index (χ1) is 9.72. The molecule has 0 spiro atoms. The molecule has 1 atom stereocenters. The Morgan fingerprint density at radius 2 is 2.05 bits per heavy atom. The van der Waals surface area contributed by atoms with Crippen LogP contribution in [0.15, 0.2) is 18.2 Å². The maximum absolute atomic E-state index is 11.3. The Hall–Kier alpha value is -2.15. The summed E-state index contributed by atoms with van der Waals surface area (Å²) in [6.45, 7) is 5.81. The van der Waals surface area contributed by atoms with Crippen molar-refractivity contribution in [3.63, 3.8) is 0 Å². The van der Waals surface area contributed by atoms with Gasteiger partial charge in [-0.25, -0.2) is 0 Å². The van der Waals surface area contributed by atoms with Crippen molar-refractivity contribution in [2.45, 2.75) is 26.9 Å². The first-order valence-electron chi connectivity index (χ1n) is 6.72. The Morgan fingerprint density at radius 3 is 2.48 bits per heavy atom. The molecule has 0 heterocycles. The van der Waals surface area contributed by atoms with Gasteiger partial charge in [0.2, 0.25) is 5.91 Å². The van der Waals surface area contributed by atoms with Gasteiger partial charge >= 0.3 is 0 Å². The van der Waals surface area contributed by atoms with E-state index in [4.69, 9.17) is 5.73 Å². The third kappa shape index (κ3) is 4.71. The van der Waals surface area contributed by atoms with E-state index in [1.54, 1.807) is 17.0 Å². The van der Waals surface area contributed by atoms with Crippen LogP contribution in [0.5, 0.6) is 0 Å². The summed E-state index contributed by atoms with van der Waals surface area (Å²) in [6.07, 6.45) is -0.799. The van der Waals surface area contributed by atoms with Gasteiger partial charge in [-0.3, -0.25) is 14.9 Å². The summed E-state index contributed by atoms with van der Waals surface area (Å²) < 4.78 is 0. The van der Waals surface area contributed by atoms with Crippen molar-refractivity contribution >= 4 is 17.3 Å². The van der Waals surface area contributed by atoms with E-state index in [-0.39, 0.29) is 18.2 Å². The van der Waals surface area contributed by atoms with Crippen molar-refractivity contribution in [3.05, 3.63) is 33.9 Å². The topological polar surface area (TPSA) is 110 Å². The minimum absolute atomic E-state index is 0.0902. The zero-order chi connectivity index (χ0) is 16.2. The molecule has 0 radical (unpaired) electrons. The minimum Gasteiger partial charge on any atom is -0.389 e. The summed E-state index contributed by atoms with van der Waals surface area (Å²) in [5.74, 6) is -0.343. The van der Waals surface area contributed by atoms with Gasteiger partial charge in [0.05, 0.1) is 17.6 Å². The molecule has 0 saturated carbocycles. The van der Waals surface area contributed by atoms with Crippen LogP contribution in [-0.2, 0) is 4.79 Å². The predicted octanol–water partition coefficient (Wildman–Crippen LogP) is 1.60. The second-order valence-corrected chi connectivity index (χ2v) is 5.42. The van der Waals surface area contributed by atoms with Gasteiger partial charge in [-0.2, -0.15) is 0 Å². The van der Waals surface area contributed by atoms with Gasteiger partial charge in [-0.15, -0.1) is 0 Å². The molecule has 116 valence electrons. The molecule has 0 aliphatic heterocycles. The Morgan fingerprint density at radius 1 is 1.43 bits per heavy atom. The highest BCUT2D eigenvalue weighted by atomic mass is 16.6. The van der Waals surface area contributed by atoms with Crippen LogP contribution in [0, 0.1) is 16.0 Å². The highest BCUT2D eigenvalue weighted by Gasteiger charge is 2.22. The molecule has 0 aliphatic carbocycles. The number of nitrogens with two attached hydrogens (primary N) is 1. The van der Waals surface area contributed by atoms with Crippen LogP contribution in [-0.4, -0.2) is 29.0 Å². The number of anilines is 1. The number of carbonyl (C=O) groups is 1. The molecule has 7 heteroatoms. The Balaban J connectivity index is 3.28. The van der Waals surface area contributed by atoms with Crippen molar-refractivity contribution in [2.75, 3.05) is 18.0 Å². The fraction of sp³-hybridized carbons (Fsp3) is 0.500. The first-order valence-corrected chi connectivity index (χ1v) is 6.72. The second kappa shape index (κ2) is 7.03. The van der Waals surface area contributed by atoms with Crippen LogP contribution in [0.2, 0.25) is 0 Å².